The predicted octanol–water partition coefficient (Wildman–Crippen LogP) is 3.74. The summed E-state index contributed by atoms with van der Waals surface area (Å²) in [6.45, 7) is 3.23. The number of hydrogen-bond acceptors (Lipinski definition) is 6. The Balaban J connectivity index is 1.72. The maximum atomic E-state index is 12.9. The van der Waals surface area contributed by atoms with Crippen molar-refractivity contribution >= 4 is 38.9 Å². The lowest BCUT2D eigenvalue weighted by atomic mass is 10.2. The van der Waals surface area contributed by atoms with E-state index < -0.39 is 21.9 Å². The number of carbonyl (C=O) groups excluding carboxylic acids is 2. The average molecular weight is 437 g/mol. The summed E-state index contributed by atoms with van der Waals surface area (Å²) in [5.74, 6) is -0.908. The van der Waals surface area contributed by atoms with Gasteiger partial charge in [-0.05, 0) is 55.0 Å². The first-order chi connectivity index (χ1) is 13.9. The number of nitrogens with zero attached hydrogens (tertiary/aromatic N) is 1. The van der Waals surface area contributed by atoms with E-state index in [1.54, 1.807) is 29.6 Å². The van der Waals surface area contributed by atoms with Crippen molar-refractivity contribution in [2.45, 2.75) is 37.5 Å². The molecule has 0 aliphatic carbocycles. The van der Waals surface area contributed by atoms with Crippen LogP contribution in [0, 0.1) is 0 Å². The monoisotopic (exact) mass is 436 g/mol. The number of thiophene rings is 1. The SMILES string of the molecule is CCCOC(=O)c1ccc(NC(=O)c2sccc2S(=O)(=O)N2CCCCC2)cc1. The molecule has 156 valence electrons. The molecule has 0 atom stereocenters. The lowest BCUT2D eigenvalue weighted by Crippen LogP contribution is -2.36. The van der Waals surface area contributed by atoms with Crippen molar-refractivity contribution in [3.05, 3.63) is 46.2 Å². The molecule has 1 fully saturated rings. The molecular weight excluding hydrogens is 412 g/mol. The van der Waals surface area contributed by atoms with Gasteiger partial charge in [0.1, 0.15) is 9.77 Å². The van der Waals surface area contributed by atoms with E-state index in [0.717, 1.165) is 37.0 Å². The van der Waals surface area contributed by atoms with Crippen molar-refractivity contribution in [3.63, 3.8) is 0 Å². The molecule has 29 heavy (non-hydrogen) atoms. The molecule has 0 saturated carbocycles. The number of carbonyl (C=O) groups is 2. The van der Waals surface area contributed by atoms with Crippen LogP contribution < -0.4 is 5.32 Å². The van der Waals surface area contributed by atoms with Gasteiger partial charge >= 0.3 is 5.97 Å². The molecule has 2 heterocycles. The number of hydrogen-bond donors (Lipinski definition) is 1. The van der Waals surface area contributed by atoms with E-state index >= 15 is 0 Å². The number of anilines is 1. The highest BCUT2D eigenvalue weighted by molar-refractivity contribution is 7.89. The lowest BCUT2D eigenvalue weighted by Gasteiger charge is -2.25. The molecule has 1 saturated heterocycles. The number of ether oxygens (including phenoxy) is 1. The molecule has 0 spiro atoms. The maximum absolute atomic E-state index is 12.9. The van der Waals surface area contributed by atoms with Crippen LogP contribution >= 0.6 is 11.3 Å². The molecule has 0 unspecified atom stereocenters. The topological polar surface area (TPSA) is 92.8 Å². The van der Waals surface area contributed by atoms with Crippen LogP contribution in [0.3, 0.4) is 0 Å². The first-order valence-electron chi connectivity index (χ1n) is 9.59. The predicted molar refractivity (Wildman–Crippen MR) is 112 cm³/mol. The first-order valence-corrected chi connectivity index (χ1v) is 11.9. The number of rotatable bonds is 7. The summed E-state index contributed by atoms with van der Waals surface area (Å²) in [7, 11) is -3.69. The number of amides is 1. The highest BCUT2D eigenvalue weighted by Crippen LogP contribution is 2.28. The van der Waals surface area contributed by atoms with Crippen molar-refractivity contribution in [1.29, 1.82) is 0 Å². The van der Waals surface area contributed by atoms with Crippen LogP contribution in [0.1, 0.15) is 52.6 Å². The number of piperidine rings is 1. The van der Waals surface area contributed by atoms with E-state index in [0.29, 0.717) is 30.9 Å². The van der Waals surface area contributed by atoms with Gasteiger partial charge in [0.2, 0.25) is 10.0 Å². The van der Waals surface area contributed by atoms with E-state index in [1.807, 2.05) is 6.92 Å². The molecule has 9 heteroatoms. The van der Waals surface area contributed by atoms with E-state index in [2.05, 4.69) is 5.32 Å². The molecule has 1 aliphatic rings. The molecular formula is C20H24N2O5S2. The van der Waals surface area contributed by atoms with Gasteiger partial charge in [-0.15, -0.1) is 11.3 Å². The van der Waals surface area contributed by atoms with Gasteiger partial charge in [-0.1, -0.05) is 13.3 Å². The minimum absolute atomic E-state index is 0.0432. The second kappa shape index (κ2) is 9.51. The third kappa shape index (κ3) is 5.04. The summed E-state index contributed by atoms with van der Waals surface area (Å²) in [6, 6.07) is 7.79. The van der Waals surface area contributed by atoms with Gasteiger partial charge in [0.05, 0.1) is 12.2 Å². The van der Waals surface area contributed by atoms with Crippen molar-refractivity contribution in [1.82, 2.24) is 4.31 Å². The minimum atomic E-state index is -3.69. The first kappa shape index (κ1) is 21.5. The minimum Gasteiger partial charge on any atom is -0.462 e. The van der Waals surface area contributed by atoms with Crippen LogP contribution in [-0.2, 0) is 14.8 Å². The fourth-order valence-electron chi connectivity index (χ4n) is 3.07. The van der Waals surface area contributed by atoms with Gasteiger partial charge in [-0.2, -0.15) is 4.31 Å². The number of esters is 1. The molecule has 0 bridgehead atoms. The van der Waals surface area contributed by atoms with Crippen molar-refractivity contribution in [2.24, 2.45) is 0 Å². The van der Waals surface area contributed by atoms with E-state index in [4.69, 9.17) is 4.74 Å². The summed E-state index contributed by atoms with van der Waals surface area (Å²) < 4.78 is 32.4. The van der Waals surface area contributed by atoms with Crippen molar-refractivity contribution < 1.29 is 22.7 Å². The van der Waals surface area contributed by atoms with Crippen molar-refractivity contribution in [2.75, 3.05) is 25.0 Å². The standard InChI is InChI=1S/C20H24N2O5S2/c1-2-13-27-20(24)15-6-8-16(9-7-15)21-19(23)18-17(10-14-28-18)29(25,26)22-11-4-3-5-12-22/h6-10,14H,2-5,11-13H2,1H3,(H,21,23). The summed E-state index contributed by atoms with van der Waals surface area (Å²) in [5, 5.41) is 4.32. The number of nitrogens with one attached hydrogen (secondary N) is 1. The van der Waals surface area contributed by atoms with Crippen LogP contribution in [-0.4, -0.2) is 44.3 Å². The summed E-state index contributed by atoms with van der Waals surface area (Å²) >= 11 is 1.09. The summed E-state index contributed by atoms with van der Waals surface area (Å²) in [5.41, 5.74) is 0.859. The molecule has 1 N–H and O–H groups in total. The molecule has 0 radical (unpaired) electrons. The molecule has 3 rings (SSSR count). The van der Waals surface area contributed by atoms with Crippen LogP contribution in [0.5, 0.6) is 0 Å². The molecule has 1 aromatic heterocycles. The molecule has 7 nitrogen and oxygen atoms in total. The van der Waals surface area contributed by atoms with Gasteiger partial charge < -0.3 is 10.1 Å². The zero-order valence-electron chi connectivity index (χ0n) is 16.2. The van der Waals surface area contributed by atoms with E-state index in [-0.39, 0.29) is 9.77 Å². The Morgan fingerprint density at radius 1 is 1.10 bits per heavy atom. The summed E-state index contributed by atoms with van der Waals surface area (Å²) in [6.07, 6.45) is 3.42. The third-order valence-corrected chi connectivity index (χ3v) is 7.57. The Morgan fingerprint density at radius 3 is 2.45 bits per heavy atom. The highest BCUT2D eigenvalue weighted by Gasteiger charge is 2.31. The van der Waals surface area contributed by atoms with Crippen LogP contribution in [0.4, 0.5) is 5.69 Å². The Kier molecular flexibility index (Phi) is 7.05. The van der Waals surface area contributed by atoms with Gasteiger partial charge in [0, 0.05) is 18.8 Å². The second-order valence-electron chi connectivity index (χ2n) is 6.75. The van der Waals surface area contributed by atoms with E-state index in [9.17, 15) is 18.0 Å². The van der Waals surface area contributed by atoms with Gasteiger partial charge in [-0.25, -0.2) is 13.2 Å². The quantitative estimate of drug-likeness (QED) is 0.668. The lowest BCUT2D eigenvalue weighted by molar-refractivity contribution is 0.0505. The van der Waals surface area contributed by atoms with Gasteiger partial charge in [-0.3, -0.25) is 4.79 Å². The molecule has 2 aromatic rings. The zero-order valence-corrected chi connectivity index (χ0v) is 17.9. The second-order valence-corrected chi connectivity index (χ2v) is 9.57. The van der Waals surface area contributed by atoms with E-state index in [1.165, 1.54) is 10.4 Å². The Hall–Kier alpha value is -2.23. The van der Waals surface area contributed by atoms with Crippen LogP contribution in [0.25, 0.3) is 0 Å². The fraction of sp³-hybridized carbons (Fsp3) is 0.400. The maximum Gasteiger partial charge on any atom is 0.338 e. The molecule has 1 aromatic carbocycles. The largest absolute Gasteiger partial charge is 0.462 e. The van der Waals surface area contributed by atoms with Crippen molar-refractivity contribution in [3.8, 4) is 0 Å². The van der Waals surface area contributed by atoms with Crippen LogP contribution in [0.2, 0.25) is 0 Å². The molecule has 1 aliphatic heterocycles. The van der Waals surface area contributed by atoms with Crippen LogP contribution in [0.15, 0.2) is 40.6 Å². The van der Waals surface area contributed by atoms with Gasteiger partial charge in [0.15, 0.2) is 0 Å². The Bertz CT molecular complexity index is 961. The normalized spacial score (nSPS) is 15.1. The third-order valence-electron chi connectivity index (χ3n) is 4.58. The Labute approximate surface area is 174 Å². The number of benzene rings is 1. The average Bonchev–Trinajstić information content (AvgIpc) is 3.24. The zero-order chi connectivity index (χ0) is 20.9. The van der Waals surface area contributed by atoms with Gasteiger partial charge in [0.25, 0.3) is 5.91 Å². The summed E-state index contributed by atoms with van der Waals surface area (Å²) in [4.78, 5) is 24.8. The highest BCUT2D eigenvalue weighted by atomic mass is 32.2. The smallest absolute Gasteiger partial charge is 0.338 e. The fourth-order valence-corrected chi connectivity index (χ4v) is 5.88. The Morgan fingerprint density at radius 2 is 1.79 bits per heavy atom. The number of sulfonamides is 1. The molecule has 1 amide bonds.